The van der Waals surface area contributed by atoms with Crippen LogP contribution in [0, 0.1) is 18.6 Å². The van der Waals surface area contributed by atoms with Crippen molar-refractivity contribution in [1.29, 1.82) is 0 Å². The average Bonchev–Trinajstić information content (AvgIpc) is 2.73. The molecular weight excluding hydrogens is 539 g/mol. The van der Waals surface area contributed by atoms with Crippen LogP contribution in [-0.4, -0.2) is 36.8 Å². The molecule has 0 aliphatic carbocycles. The normalized spacial score (nSPS) is 10.9. The molecule has 182 valence electrons. The number of ether oxygens (including phenoxy) is 1. The van der Waals surface area contributed by atoms with Gasteiger partial charge < -0.3 is 14.8 Å². The minimum absolute atomic E-state index is 0.0132. The first kappa shape index (κ1) is 26.6. The minimum Gasteiger partial charge on any atom is -0.475 e. The van der Waals surface area contributed by atoms with E-state index in [9.17, 15) is 31.5 Å². The Hall–Kier alpha value is -3.62. The number of carbonyl (C=O) groups is 1. The number of H-pyrrole nitrogens is 1. The number of nitrogens with zero attached hydrogens (tertiary/aromatic N) is 3. The summed E-state index contributed by atoms with van der Waals surface area (Å²) in [5.41, 5.74) is -0.349. The number of benzene rings is 1. The summed E-state index contributed by atoms with van der Waals surface area (Å²) in [5, 5.41) is 7.12. The average molecular weight is 553 g/mol. The van der Waals surface area contributed by atoms with Crippen LogP contribution in [-0.2, 0) is 17.9 Å². The molecule has 2 heterocycles. The molecule has 0 spiro atoms. The Morgan fingerprint density at radius 2 is 1.88 bits per heavy atom. The third-order valence-electron chi connectivity index (χ3n) is 3.96. The maximum atomic E-state index is 13.7. The maximum absolute atomic E-state index is 13.7. The van der Waals surface area contributed by atoms with Crippen molar-refractivity contribution in [3.05, 3.63) is 84.5 Å². The zero-order valence-corrected chi connectivity index (χ0v) is 18.6. The maximum Gasteiger partial charge on any atom is 0.490 e. The number of halogens is 6. The highest BCUT2D eigenvalue weighted by Crippen LogP contribution is 2.21. The largest absolute Gasteiger partial charge is 0.490 e. The fourth-order valence-electron chi connectivity index (χ4n) is 2.35. The van der Waals surface area contributed by atoms with E-state index in [1.165, 1.54) is 16.8 Å². The summed E-state index contributed by atoms with van der Waals surface area (Å²) < 4.78 is 65.2. The molecule has 15 heteroatoms. The van der Waals surface area contributed by atoms with Crippen LogP contribution in [0.1, 0.15) is 17.1 Å². The summed E-state index contributed by atoms with van der Waals surface area (Å²) in [7, 11) is 0. The Morgan fingerprint density at radius 3 is 2.44 bits per heavy atom. The molecule has 0 bridgehead atoms. The molecule has 0 amide bonds. The third-order valence-corrected chi connectivity index (χ3v) is 4.64. The second-order valence-electron chi connectivity index (χ2n) is 6.40. The van der Waals surface area contributed by atoms with E-state index < -0.39 is 35.0 Å². The van der Waals surface area contributed by atoms with Gasteiger partial charge in [0.15, 0.2) is 0 Å². The van der Waals surface area contributed by atoms with E-state index in [2.05, 4.69) is 30.9 Å². The van der Waals surface area contributed by atoms with Crippen molar-refractivity contribution in [2.45, 2.75) is 26.3 Å². The van der Waals surface area contributed by atoms with Crippen molar-refractivity contribution in [2.24, 2.45) is 0 Å². The molecule has 0 atom stereocenters. The first-order valence-electron chi connectivity index (χ1n) is 8.97. The third kappa shape index (κ3) is 7.19. The van der Waals surface area contributed by atoms with E-state index in [0.29, 0.717) is 11.5 Å². The number of carboxylic acids is 1. The first-order chi connectivity index (χ1) is 15.8. The number of alkyl halides is 3. The first-order valence-corrected chi connectivity index (χ1v) is 9.77. The standard InChI is InChI=1S/C17H13BrF2N4O3.C2HF3O2/c1-9-22-15(27-8-10-2-3-11(19)6-13(10)20)14(18)16(25)24(9)7-12-4-5-21-17(26)23-12;3-2(4,5)1(6)7/h2-6H,7-8H2,1H3,(H,21,23,26);(H,6,7). The van der Waals surface area contributed by atoms with E-state index in [0.717, 1.165) is 12.1 Å². The van der Waals surface area contributed by atoms with Crippen molar-refractivity contribution < 1.29 is 36.6 Å². The molecule has 3 rings (SSSR count). The van der Waals surface area contributed by atoms with Crippen LogP contribution >= 0.6 is 15.9 Å². The zero-order valence-electron chi connectivity index (χ0n) is 17.0. The molecule has 34 heavy (non-hydrogen) atoms. The van der Waals surface area contributed by atoms with Gasteiger partial charge in [-0.1, -0.05) is 0 Å². The highest BCUT2D eigenvalue weighted by atomic mass is 79.9. The number of aromatic amines is 1. The topological polar surface area (TPSA) is 127 Å². The summed E-state index contributed by atoms with van der Waals surface area (Å²) in [4.78, 5) is 43.0. The van der Waals surface area contributed by atoms with Gasteiger partial charge in [-0.25, -0.2) is 23.4 Å². The molecule has 0 saturated heterocycles. The number of nitrogens with one attached hydrogen (secondary N) is 1. The molecule has 0 fully saturated rings. The van der Waals surface area contributed by atoms with Crippen LogP contribution in [0.15, 0.2) is 44.5 Å². The van der Waals surface area contributed by atoms with Gasteiger partial charge in [0.25, 0.3) is 5.56 Å². The molecular formula is C19H14BrF5N4O5. The van der Waals surface area contributed by atoms with Crippen molar-refractivity contribution in [1.82, 2.24) is 19.5 Å². The van der Waals surface area contributed by atoms with E-state index in [1.54, 1.807) is 13.0 Å². The van der Waals surface area contributed by atoms with Gasteiger partial charge in [-0.2, -0.15) is 18.2 Å². The van der Waals surface area contributed by atoms with Crippen molar-refractivity contribution in [2.75, 3.05) is 0 Å². The number of aliphatic carboxylic acids is 1. The SMILES string of the molecule is Cc1nc(OCc2ccc(F)cc2F)c(Br)c(=O)n1Cc1ccnc(=O)[nH]1.O=C(O)C(F)(F)F. The second-order valence-corrected chi connectivity index (χ2v) is 7.19. The summed E-state index contributed by atoms with van der Waals surface area (Å²) in [6, 6.07) is 4.69. The monoisotopic (exact) mass is 552 g/mol. The van der Waals surface area contributed by atoms with Crippen LogP contribution in [0.4, 0.5) is 22.0 Å². The van der Waals surface area contributed by atoms with E-state index in [-0.39, 0.29) is 29.1 Å². The van der Waals surface area contributed by atoms with Gasteiger partial charge >= 0.3 is 17.8 Å². The minimum atomic E-state index is -5.08. The van der Waals surface area contributed by atoms with Gasteiger partial charge in [0.2, 0.25) is 5.88 Å². The van der Waals surface area contributed by atoms with Crippen LogP contribution in [0.25, 0.3) is 0 Å². The summed E-state index contributed by atoms with van der Waals surface area (Å²) >= 11 is 3.14. The van der Waals surface area contributed by atoms with Gasteiger partial charge in [-0.15, -0.1) is 0 Å². The molecule has 9 nitrogen and oxygen atoms in total. The lowest BCUT2D eigenvalue weighted by Gasteiger charge is -2.13. The lowest BCUT2D eigenvalue weighted by molar-refractivity contribution is -0.192. The molecule has 0 unspecified atom stereocenters. The molecule has 0 saturated carbocycles. The van der Waals surface area contributed by atoms with Crippen LogP contribution < -0.4 is 16.0 Å². The Kier molecular flexibility index (Phi) is 8.62. The van der Waals surface area contributed by atoms with Crippen LogP contribution in [0.5, 0.6) is 5.88 Å². The Morgan fingerprint density at radius 1 is 1.24 bits per heavy atom. The summed E-state index contributed by atoms with van der Waals surface area (Å²) in [6.45, 7) is 1.46. The molecule has 3 aromatic rings. The van der Waals surface area contributed by atoms with Gasteiger partial charge in [-0.3, -0.25) is 9.36 Å². The fraction of sp³-hybridized carbons (Fsp3) is 0.211. The lowest BCUT2D eigenvalue weighted by Crippen LogP contribution is -2.27. The number of hydrogen-bond acceptors (Lipinski definition) is 6. The van der Waals surface area contributed by atoms with Crippen molar-refractivity contribution in [3.63, 3.8) is 0 Å². The molecule has 2 aromatic heterocycles. The lowest BCUT2D eigenvalue weighted by atomic mass is 10.2. The highest BCUT2D eigenvalue weighted by Gasteiger charge is 2.38. The van der Waals surface area contributed by atoms with Gasteiger partial charge in [0, 0.05) is 23.5 Å². The summed E-state index contributed by atoms with van der Waals surface area (Å²) in [6.07, 6.45) is -3.74. The molecule has 1 aromatic carbocycles. The molecule has 0 aliphatic rings. The van der Waals surface area contributed by atoms with E-state index in [4.69, 9.17) is 14.6 Å². The van der Waals surface area contributed by atoms with Crippen LogP contribution in [0.3, 0.4) is 0 Å². The van der Waals surface area contributed by atoms with Gasteiger partial charge in [0.05, 0.1) is 6.54 Å². The van der Waals surface area contributed by atoms with E-state index >= 15 is 0 Å². The van der Waals surface area contributed by atoms with Crippen molar-refractivity contribution in [3.8, 4) is 5.88 Å². The zero-order chi connectivity index (χ0) is 25.6. The smallest absolute Gasteiger partial charge is 0.475 e. The summed E-state index contributed by atoms with van der Waals surface area (Å²) in [5.74, 6) is -3.88. The van der Waals surface area contributed by atoms with Gasteiger partial charge in [0.1, 0.15) is 28.5 Å². The Balaban J connectivity index is 0.000000509. The number of rotatable bonds is 5. The second kappa shape index (κ2) is 11.0. The number of carboxylic acid groups (broad SMARTS) is 1. The van der Waals surface area contributed by atoms with Gasteiger partial charge in [-0.05, 0) is 41.1 Å². The fourth-order valence-corrected chi connectivity index (χ4v) is 2.77. The number of aromatic nitrogens is 4. The quantitative estimate of drug-likeness (QED) is 0.466. The number of aryl methyl sites for hydroxylation is 1. The van der Waals surface area contributed by atoms with Crippen LogP contribution in [0.2, 0.25) is 0 Å². The molecule has 2 N–H and O–H groups in total. The Bertz CT molecular complexity index is 1310. The predicted molar refractivity (Wildman–Crippen MR) is 109 cm³/mol. The molecule has 0 radical (unpaired) electrons. The predicted octanol–water partition coefficient (Wildman–Crippen LogP) is 2.94. The molecule has 0 aliphatic heterocycles. The highest BCUT2D eigenvalue weighted by molar-refractivity contribution is 9.10. The number of hydrogen-bond donors (Lipinski definition) is 2. The van der Waals surface area contributed by atoms with Crippen molar-refractivity contribution >= 4 is 21.9 Å². The Labute approximate surface area is 195 Å². The van der Waals surface area contributed by atoms with E-state index in [1.807, 2.05) is 0 Å².